The van der Waals surface area contributed by atoms with Crippen molar-refractivity contribution in [2.24, 2.45) is 5.73 Å². The first-order chi connectivity index (χ1) is 9.80. The number of fused-ring (bicyclic) bond motifs is 1. The molecule has 0 atom stereocenters. The van der Waals surface area contributed by atoms with Crippen LogP contribution in [-0.4, -0.2) is 21.4 Å². The van der Waals surface area contributed by atoms with E-state index in [2.05, 4.69) is 10.3 Å². The van der Waals surface area contributed by atoms with Crippen molar-refractivity contribution in [1.82, 2.24) is 4.98 Å². The van der Waals surface area contributed by atoms with Gasteiger partial charge in [-0.05, 0) is 26.0 Å². The molecule has 0 aliphatic rings. The number of pyridine rings is 1. The third kappa shape index (κ3) is 3.25. The molecule has 0 bridgehead atoms. The average molecular weight is 288 g/mol. The molecule has 7 heteroatoms. The van der Waals surface area contributed by atoms with Crippen LogP contribution in [0, 0.1) is 10.1 Å². The number of amides is 1. The van der Waals surface area contributed by atoms with Gasteiger partial charge in [0, 0.05) is 41.5 Å². The second-order valence-corrected chi connectivity index (χ2v) is 5.46. The fourth-order valence-corrected chi connectivity index (χ4v) is 2.29. The highest BCUT2D eigenvalue weighted by atomic mass is 16.6. The molecule has 0 saturated heterocycles. The lowest BCUT2D eigenvalue weighted by atomic mass is 9.98. The van der Waals surface area contributed by atoms with E-state index < -0.39 is 16.4 Å². The first-order valence-corrected chi connectivity index (χ1v) is 6.38. The Labute approximate surface area is 121 Å². The SMILES string of the molecule is CC(C)(CC(N)=O)Nc1ccc([N+](=O)[O-])c2ccncc12. The third-order valence-electron chi connectivity index (χ3n) is 3.08. The summed E-state index contributed by atoms with van der Waals surface area (Å²) in [4.78, 5) is 25.7. The molecule has 0 saturated carbocycles. The molecule has 0 spiro atoms. The molecule has 21 heavy (non-hydrogen) atoms. The van der Waals surface area contributed by atoms with Crippen molar-refractivity contribution >= 4 is 28.1 Å². The van der Waals surface area contributed by atoms with Crippen LogP contribution in [0.3, 0.4) is 0 Å². The molecule has 0 aliphatic heterocycles. The summed E-state index contributed by atoms with van der Waals surface area (Å²) in [7, 11) is 0. The molecule has 3 N–H and O–H groups in total. The number of nitrogens with two attached hydrogens (primary N) is 1. The maximum absolute atomic E-state index is 11.1. The van der Waals surface area contributed by atoms with Crippen molar-refractivity contribution in [1.29, 1.82) is 0 Å². The average Bonchev–Trinajstić information content (AvgIpc) is 2.36. The van der Waals surface area contributed by atoms with Crippen molar-refractivity contribution in [2.75, 3.05) is 5.32 Å². The number of hydrogen-bond acceptors (Lipinski definition) is 5. The van der Waals surface area contributed by atoms with Gasteiger partial charge in [0.15, 0.2) is 0 Å². The van der Waals surface area contributed by atoms with E-state index >= 15 is 0 Å². The molecular formula is C14H16N4O3. The van der Waals surface area contributed by atoms with Gasteiger partial charge in [0.05, 0.1) is 10.3 Å². The van der Waals surface area contributed by atoms with Crippen molar-refractivity contribution in [3.63, 3.8) is 0 Å². The van der Waals surface area contributed by atoms with E-state index in [1.54, 1.807) is 18.3 Å². The first kappa shape index (κ1) is 14.7. The van der Waals surface area contributed by atoms with Crippen molar-refractivity contribution < 1.29 is 9.72 Å². The molecule has 2 rings (SSSR count). The predicted molar refractivity (Wildman–Crippen MR) is 79.9 cm³/mol. The van der Waals surface area contributed by atoms with Crippen molar-refractivity contribution in [3.05, 3.63) is 40.7 Å². The Morgan fingerprint density at radius 1 is 1.38 bits per heavy atom. The van der Waals surface area contributed by atoms with Crippen LogP contribution in [0.25, 0.3) is 10.8 Å². The number of nitrogens with one attached hydrogen (secondary N) is 1. The van der Waals surface area contributed by atoms with Gasteiger partial charge in [0.25, 0.3) is 5.69 Å². The van der Waals surface area contributed by atoms with Gasteiger partial charge in [0.2, 0.25) is 5.91 Å². The number of non-ortho nitro benzene ring substituents is 1. The van der Waals surface area contributed by atoms with Gasteiger partial charge in [-0.25, -0.2) is 0 Å². The number of rotatable bonds is 5. The molecule has 1 amide bonds. The molecule has 1 aromatic carbocycles. The fraction of sp³-hybridized carbons (Fsp3) is 0.286. The fourth-order valence-electron chi connectivity index (χ4n) is 2.29. The number of nitro benzene ring substituents is 1. The van der Waals surface area contributed by atoms with Crippen LogP contribution >= 0.6 is 0 Å². The minimum atomic E-state index is -0.565. The van der Waals surface area contributed by atoms with Crippen molar-refractivity contribution in [2.45, 2.75) is 25.8 Å². The van der Waals surface area contributed by atoms with Crippen LogP contribution in [0.2, 0.25) is 0 Å². The summed E-state index contributed by atoms with van der Waals surface area (Å²) in [6, 6.07) is 4.65. The van der Waals surface area contributed by atoms with E-state index in [1.165, 1.54) is 12.3 Å². The second-order valence-electron chi connectivity index (χ2n) is 5.46. The Morgan fingerprint density at radius 2 is 2.10 bits per heavy atom. The molecule has 0 radical (unpaired) electrons. The molecular weight excluding hydrogens is 272 g/mol. The van der Waals surface area contributed by atoms with Crippen LogP contribution in [0.5, 0.6) is 0 Å². The Kier molecular flexibility index (Phi) is 3.75. The molecule has 0 unspecified atom stereocenters. The van der Waals surface area contributed by atoms with Crippen LogP contribution < -0.4 is 11.1 Å². The lowest BCUT2D eigenvalue weighted by molar-refractivity contribution is -0.383. The summed E-state index contributed by atoms with van der Waals surface area (Å²) in [5.74, 6) is -0.420. The van der Waals surface area contributed by atoms with E-state index in [1.807, 2.05) is 13.8 Å². The molecule has 1 heterocycles. The smallest absolute Gasteiger partial charge is 0.277 e. The zero-order valence-electron chi connectivity index (χ0n) is 11.8. The standard InChI is InChI=1S/C14H16N4O3/c1-14(2,7-13(15)19)17-11-3-4-12(18(20)21)9-5-6-16-8-10(9)11/h3-6,8,17H,7H2,1-2H3,(H2,15,19). The van der Waals surface area contributed by atoms with Crippen LogP contribution in [-0.2, 0) is 4.79 Å². The zero-order valence-corrected chi connectivity index (χ0v) is 11.8. The summed E-state index contributed by atoms with van der Waals surface area (Å²) < 4.78 is 0. The number of nitro groups is 1. The van der Waals surface area contributed by atoms with Gasteiger partial charge < -0.3 is 11.1 Å². The lowest BCUT2D eigenvalue weighted by Crippen LogP contribution is -2.36. The molecule has 110 valence electrons. The van der Waals surface area contributed by atoms with Gasteiger partial charge in [0.1, 0.15) is 0 Å². The maximum atomic E-state index is 11.1. The summed E-state index contributed by atoms with van der Waals surface area (Å²) in [5.41, 5.74) is 5.36. The van der Waals surface area contributed by atoms with Crippen molar-refractivity contribution in [3.8, 4) is 0 Å². The van der Waals surface area contributed by atoms with Gasteiger partial charge in [-0.2, -0.15) is 0 Å². The lowest BCUT2D eigenvalue weighted by Gasteiger charge is -2.26. The number of primary amides is 1. The van der Waals surface area contributed by atoms with Gasteiger partial charge in [-0.1, -0.05) is 0 Å². The van der Waals surface area contributed by atoms with E-state index in [-0.39, 0.29) is 12.1 Å². The third-order valence-corrected chi connectivity index (χ3v) is 3.08. The number of hydrogen-bond donors (Lipinski definition) is 2. The quantitative estimate of drug-likeness (QED) is 0.647. The number of carbonyl (C=O) groups excluding carboxylic acids is 1. The van der Waals surface area contributed by atoms with Crippen LogP contribution in [0.1, 0.15) is 20.3 Å². The van der Waals surface area contributed by atoms with Gasteiger partial charge in [-0.3, -0.25) is 19.9 Å². The minimum Gasteiger partial charge on any atom is -0.379 e. The molecule has 2 aromatic rings. The summed E-state index contributed by atoms with van der Waals surface area (Å²) in [5, 5.41) is 15.4. The Balaban J connectivity index is 2.49. The molecule has 7 nitrogen and oxygen atoms in total. The van der Waals surface area contributed by atoms with E-state index in [4.69, 9.17) is 5.73 Å². The zero-order chi connectivity index (χ0) is 15.6. The molecule has 0 fully saturated rings. The number of aromatic nitrogens is 1. The van der Waals surface area contributed by atoms with Crippen LogP contribution in [0.4, 0.5) is 11.4 Å². The Hall–Kier alpha value is -2.70. The number of benzene rings is 1. The maximum Gasteiger partial charge on any atom is 0.277 e. The highest BCUT2D eigenvalue weighted by Gasteiger charge is 2.22. The summed E-state index contributed by atoms with van der Waals surface area (Å²) in [6.07, 6.45) is 3.21. The van der Waals surface area contributed by atoms with E-state index in [0.29, 0.717) is 16.5 Å². The summed E-state index contributed by atoms with van der Waals surface area (Å²) >= 11 is 0. The van der Waals surface area contributed by atoms with Gasteiger partial charge >= 0.3 is 0 Å². The largest absolute Gasteiger partial charge is 0.379 e. The highest BCUT2D eigenvalue weighted by molar-refractivity contribution is 5.99. The molecule has 0 aliphatic carbocycles. The first-order valence-electron chi connectivity index (χ1n) is 6.38. The second kappa shape index (κ2) is 5.35. The highest BCUT2D eigenvalue weighted by Crippen LogP contribution is 2.32. The monoisotopic (exact) mass is 288 g/mol. The number of nitrogens with zero attached hydrogens (tertiary/aromatic N) is 2. The molecule has 1 aromatic heterocycles. The normalized spacial score (nSPS) is 11.3. The van der Waals surface area contributed by atoms with E-state index in [9.17, 15) is 14.9 Å². The Bertz CT molecular complexity index is 712. The predicted octanol–water partition coefficient (Wildman–Crippen LogP) is 2.21. The minimum absolute atomic E-state index is 0.0191. The van der Waals surface area contributed by atoms with Crippen LogP contribution in [0.15, 0.2) is 30.6 Å². The van der Waals surface area contributed by atoms with E-state index in [0.717, 1.165) is 0 Å². The number of carbonyl (C=O) groups is 1. The summed E-state index contributed by atoms with van der Waals surface area (Å²) in [6.45, 7) is 3.67. The Morgan fingerprint density at radius 3 is 2.71 bits per heavy atom. The topological polar surface area (TPSA) is 111 Å². The number of anilines is 1. The van der Waals surface area contributed by atoms with Gasteiger partial charge in [-0.15, -0.1) is 0 Å².